The van der Waals surface area contributed by atoms with Crippen molar-refractivity contribution in [1.82, 2.24) is 24.8 Å². The molecule has 2 aromatic carbocycles. The summed E-state index contributed by atoms with van der Waals surface area (Å²) in [7, 11) is 3.44. The first-order valence-electron chi connectivity index (χ1n) is 13.9. The van der Waals surface area contributed by atoms with E-state index >= 15 is 0 Å². The maximum absolute atomic E-state index is 13.0. The summed E-state index contributed by atoms with van der Waals surface area (Å²) < 4.78 is 7.80. The van der Waals surface area contributed by atoms with Crippen LogP contribution in [0.3, 0.4) is 0 Å². The van der Waals surface area contributed by atoms with Crippen molar-refractivity contribution in [1.29, 1.82) is 0 Å². The van der Waals surface area contributed by atoms with Crippen LogP contribution in [0.5, 0.6) is 0 Å². The third-order valence-electron chi connectivity index (χ3n) is 7.68. The van der Waals surface area contributed by atoms with Crippen LogP contribution in [-0.4, -0.2) is 63.8 Å². The van der Waals surface area contributed by atoms with E-state index in [0.29, 0.717) is 49.9 Å². The summed E-state index contributed by atoms with van der Waals surface area (Å²) in [6, 6.07) is 14.6. The van der Waals surface area contributed by atoms with Crippen molar-refractivity contribution in [3.8, 4) is 0 Å². The predicted octanol–water partition coefficient (Wildman–Crippen LogP) is 4.92. The number of anilines is 1. The zero-order chi connectivity index (χ0) is 27.6. The lowest BCUT2D eigenvalue weighted by Crippen LogP contribution is -2.36. The zero-order valence-corrected chi connectivity index (χ0v) is 23.0. The molecule has 1 saturated carbocycles. The highest BCUT2D eigenvalue weighted by Crippen LogP contribution is 2.42. The molecule has 3 heterocycles. The summed E-state index contributed by atoms with van der Waals surface area (Å²) in [5, 5.41) is 12.2. The van der Waals surface area contributed by atoms with Crippen LogP contribution in [0.4, 0.5) is 5.69 Å². The molecule has 0 spiro atoms. The van der Waals surface area contributed by atoms with Crippen LogP contribution < -0.4 is 5.32 Å². The maximum Gasteiger partial charge on any atom is 0.289 e. The number of nitrogens with one attached hydrogen (secondary N) is 1. The molecule has 0 atom stereocenters. The number of benzene rings is 2. The Morgan fingerprint density at radius 2 is 2.00 bits per heavy atom. The molecule has 1 aliphatic carbocycles. The average molecular weight is 539 g/mol. The van der Waals surface area contributed by atoms with Gasteiger partial charge in [-0.05, 0) is 65.6 Å². The molecule has 9 nitrogen and oxygen atoms in total. The Morgan fingerprint density at radius 3 is 2.77 bits per heavy atom. The number of hydrogen-bond donors (Lipinski definition) is 1. The van der Waals surface area contributed by atoms with Crippen LogP contribution in [-0.2, 0) is 17.9 Å². The topological polar surface area (TPSA) is 96.5 Å². The Kier molecular flexibility index (Phi) is 7.11. The van der Waals surface area contributed by atoms with Crippen molar-refractivity contribution >= 4 is 34.0 Å². The van der Waals surface area contributed by atoms with Crippen LogP contribution in [0.25, 0.3) is 16.5 Å². The second-order valence-corrected chi connectivity index (χ2v) is 10.8. The van der Waals surface area contributed by atoms with Gasteiger partial charge in [0, 0.05) is 51.7 Å². The number of hydrogen-bond acceptors (Lipinski definition) is 6. The van der Waals surface area contributed by atoms with Gasteiger partial charge < -0.3 is 19.5 Å². The lowest BCUT2D eigenvalue weighted by atomic mass is 9.98. The molecule has 1 aliphatic heterocycles. The summed E-state index contributed by atoms with van der Waals surface area (Å²) in [5.74, 6) is 0.877. The van der Waals surface area contributed by atoms with E-state index < -0.39 is 0 Å². The molecular formula is C31H34N6O3. The third kappa shape index (κ3) is 5.50. The van der Waals surface area contributed by atoms with Gasteiger partial charge in [-0.2, -0.15) is 0 Å². The van der Waals surface area contributed by atoms with Crippen LogP contribution in [0.2, 0.25) is 0 Å². The average Bonchev–Trinajstić information content (AvgIpc) is 3.50. The van der Waals surface area contributed by atoms with E-state index in [2.05, 4.69) is 58.1 Å². The molecule has 40 heavy (non-hydrogen) atoms. The molecule has 9 heteroatoms. The number of fused-ring (bicyclic) bond motifs is 1. The number of carbonyl (C=O) groups excluding carboxylic acids is 2. The SMILES string of the molecule is CN(C)C(=O)c1cc2cc(C3=CCCN(C(=O)CCn4ccnn4)C3)cc(NCc3ccccc3C3CC3)c2o1. The lowest BCUT2D eigenvalue weighted by molar-refractivity contribution is -0.131. The highest BCUT2D eigenvalue weighted by Gasteiger charge is 2.26. The van der Waals surface area contributed by atoms with Gasteiger partial charge in [0.25, 0.3) is 5.91 Å². The maximum atomic E-state index is 13.0. The van der Waals surface area contributed by atoms with Crippen LogP contribution in [0.1, 0.15) is 58.8 Å². The number of aryl methyl sites for hydroxylation is 1. The molecular weight excluding hydrogens is 504 g/mol. The van der Waals surface area contributed by atoms with E-state index in [-0.39, 0.29) is 11.8 Å². The van der Waals surface area contributed by atoms with Crippen molar-refractivity contribution in [3.05, 3.63) is 83.4 Å². The largest absolute Gasteiger partial charge is 0.449 e. The van der Waals surface area contributed by atoms with Gasteiger partial charge in [0.2, 0.25) is 5.91 Å². The first-order chi connectivity index (χ1) is 19.5. The van der Waals surface area contributed by atoms with Gasteiger partial charge in [0.1, 0.15) is 0 Å². The zero-order valence-electron chi connectivity index (χ0n) is 23.0. The van der Waals surface area contributed by atoms with Gasteiger partial charge in [0.15, 0.2) is 11.3 Å². The molecule has 4 aromatic rings. The molecule has 1 N–H and O–H groups in total. The van der Waals surface area contributed by atoms with Gasteiger partial charge >= 0.3 is 0 Å². The standard InChI is InChI=1S/C31H34N6O3/c1-35(2)31(39)28-18-25-16-24(23-7-5-13-36(20-23)29(38)11-14-37-15-12-33-34-37)17-27(30(25)40-28)32-19-22-6-3-4-8-26(22)21-9-10-21/h3-4,6-8,12,15-18,21,32H,5,9-11,13-14,19-20H2,1-2H3. The molecule has 2 aliphatic rings. The fourth-order valence-electron chi connectivity index (χ4n) is 5.36. The van der Waals surface area contributed by atoms with E-state index in [1.165, 1.54) is 28.9 Å². The molecule has 0 saturated heterocycles. The highest BCUT2D eigenvalue weighted by molar-refractivity contribution is 6.00. The number of nitrogens with zero attached hydrogens (tertiary/aromatic N) is 5. The van der Waals surface area contributed by atoms with E-state index in [9.17, 15) is 9.59 Å². The number of furan rings is 1. The Morgan fingerprint density at radius 1 is 1.15 bits per heavy atom. The molecule has 2 amide bonds. The fraction of sp³-hybridized carbons (Fsp3) is 0.355. The van der Waals surface area contributed by atoms with Crippen LogP contribution >= 0.6 is 0 Å². The second-order valence-electron chi connectivity index (χ2n) is 10.8. The molecule has 0 radical (unpaired) electrons. The summed E-state index contributed by atoms with van der Waals surface area (Å²) >= 11 is 0. The lowest BCUT2D eigenvalue weighted by Gasteiger charge is -2.28. The molecule has 1 fully saturated rings. The third-order valence-corrected chi connectivity index (χ3v) is 7.68. The second kappa shape index (κ2) is 11.0. The Labute approximate surface area is 233 Å². The Balaban J connectivity index is 1.27. The normalized spacial score (nSPS) is 15.2. The van der Waals surface area contributed by atoms with Crippen molar-refractivity contribution in [2.24, 2.45) is 0 Å². The molecule has 6 rings (SSSR count). The van der Waals surface area contributed by atoms with Crippen molar-refractivity contribution in [2.45, 2.75) is 44.7 Å². The summed E-state index contributed by atoms with van der Waals surface area (Å²) in [6.45, 7) is 2.40. The van der Waals surface area contributed by atoms with E-state index in [0.717, 1.165) is 28.6 Å². The number of carbonyl (C=O) groups is 2. The van der Waals surface area contributed by atoms with Gasteiger partial charge in [-0.1, -0.05) is 35.6 Å². The monoisotopic (exact) mass is 538 g/mol. The van der Waals surface area contributed by atoms with E-state index in [1.807, 2.05) is 11.0 Å². The van der Waals surface area contributed by atoms with Gasteiger partial charge in [0.05, 0.1) is 18.4 Å². The van der Waals surface area contributed by atoms with Crippen molar-refractivity contribution in [3.63, 3.8) is 0 Å². The van der Waals surface area contributed by atoms with E-state index in [1.54, 1.807) is 31.2 Å². The van der Waals surface area contributed by atoms with Crippen LogP contribution in [0, 0.1) is 0 Å². The molecule has 2 aromatic heterocycles. The predicted molar refractivity (Wildman–Crippen MR) is 154 cm³/mol. The van der Waals surface area contributed by atoms with Crippen molar-refractivity contribution < 1.29 is 14.0 Å². The Bertz CT molecular complexity index is 1570. The minimum Gasteiger partial charge on any atom is -0.449 e. The van der Waals surface area contributed by atoms with Gasteiger partial charge in [-0.15, -0.1) is 5.10 Å². The first kappa shape index (κ1) is 25.9. The number of rotatable bonds is 9. The first-order valence-corrected chi connectivity index (χ1v) is 13.9. The smallest absolute Gasteiger partial charge is 0.289 e. The minimum atomic E-state index is -0.177. The van der Waals surface area contributed by atoms with E-state index in [4.69, 9.17) is 4.42 Å². The van der Waals surface area contributed by atoms with Gasteiger partial charge in [-0.25, -0.2) is 0 Å². The number of amides is 2. The van der Waals surface area contributed by atoms with Gasteiger partial charge in [-0.3, -0.25) is 14.3 Å². The van der Waals surface area contributed by atoms with Crippen molar-refractivity contribution in [2.75, 3.05) is 32.5 Å². The molecule has 0 unspecified atom stereocenters. The highest BCUT2D eigenvalue weighted by atomic mass is 16.3. The Hall–Kier alpha value is -4.40. The molecule has 206 valence electrons. The summed E-state index contributed by atoms with van der Waals surface area (Å²) in [4.78, 5) is 29.2. The molecule has 0 bridgehead atoms. The minimum absolute atomic E-state index is 0.0967. The summed E-state index contributed by atoms with van der Waals surface area (Å²) in [6.07, 6.45) is 9.24. The van der Waals surface area contributed by atoms with Crippen LogP contribution in [0.15, 0.2) is 65.4 Å². The summed E-state index contributed by atoms with van der Waals surface area (Å²) in [5.41, 5.74) is 6.29. The quantitative estimate of drug-likeness (QED) is 0.325. The number of aromatic nitrogens is 3. The fourth-order valence-corrected chi connectivity index (χ4v) is 5.36.